The number of carbonyl (C=O) groups is 1. The Bertz CT molecular complexity index is 323. The molecule has 0 aromatic carbocycles. The van der Waals surface area contributed by atoms with E-state index in [9.17, 15) is 9.90 Å². The van der Waals surface area contributed by atoms with E-state index in [4.69, 9.17) is 0 Å². The monoisotopic (exact) mass is 196 g/mol. The van der Waals surface area contributed by atoms with Crippen LogP contribution in [0.4, 0.5) is 0 Å². The van der Waals surface area contributed by atoms with Crippen molar-refractivity contribution in [1.29, 1.82) is 0 Å². The number of aliphatic hydroxyl groups is 1. The summed E-state index contributed by atoms with van der Waals surface area (Å²) in [5.74, 6) is 0.0329. The normalized spacial score (nSPS) is 11.7. The molecule has 78 valence electrons. The van der Waals surface area contributed by atoms with Gasteiger partial charge in [-0.3, -0.25) is 9.48 Å². The molecule has 0 spiro atoms. The molecule has 1 rings (SSSR count). The van der Waals surface area contributed by atoms with E-state index >= 15 is 0 Å². The summed E-state index contributed by atoms with van der Waals surface area (Å²) in [6.07, 6.45) is 4.00. The molecule has 0 radical (unpaired) electrons. The van der Waals surface area contributed by atoms with Gasteiger partial charge in [0.05, 0.1) is 11.8 Å². The lowest BCUT2D eigenvalue weighted by atomic mass is 9.99. The maximum absolute atomic E-state index is 11.4. The molecule has 0 aliphatic heterocycles. The fourth-order valence-electron chi connectivity index (χ4n) is 1.34. The van der Waals surface area contributed by atoms with Gasteiger partial charge in [0.2, 0.25) is 0 Å². The molecule has 0 fully saturated rings. The van der Waals surface area contributed by atoms with Gasteiger partial charge in [0.1, 0.15) is 5.78 Å². The first-order chi connectivity index (χ1) is 6.37. The van der Waals surface area contributed by atoms with Crippen LogP contribution in [0, 0.1) is 0 Å². The predicted octanol–water partition coefficient (Wildman–Crippen LogP) is 0.693. The summed E-state index contributed by atoms with van der Waals surface area (Å²) in [6, 6.07) is 0. The maximum atomic E-state index is 11.4. The molecule has 1 aromatic rings. The lowest BCUT2D eigenvalue weighted by Crippen LogP contribution is -2.24. The fraction of sp³-hybridized carbons (Fsp3) is 0.600. The highest BCUT2D eigenvalue weighted by Gasteiger charge is 2.18. The average molecular weight is 196 g/mol. The molecule has 0 bridgehead atoms. The number of hydrogen-bond donors (Lipinski definition) is 1. The lowest BCUT2D eigenvalue weighted by molar-refractivity contribution is -0.122. The van der Waals surface area contributed by atoms with Gasteiger partial charge in [-0.1, -0.05) is 0 Å². The van der Waals surface area contributed by atoms with Crippen molar-refractivity contribution in [3.05, 3.63) is 18.0 Å². The Labute approximate surface area is 83.5 Å². The Morgan fingerprint density at radius 2 is 2.29 bits per heavy atom. The Hall–Kier alpha value is -1.16. The molecule has 1 aromatic heterocycles. The summed E-state index contributed by atoms with van der Waals surface area (Å²) in [5, 5.41) is 13.4. The number of rotatable bonds is 4. The third-order valence-electron chi connectivity index (χ3n) is 1.79. The molecule has 4 heteroatoms. The smallest absolute Gasteiger partial charge is 0.140 e. The second-order valence-corrected chi connectivity index (χ2v) is 4.23. The molecule has 14 heavy (non-hydrogen) atoms. The van der Waals surface area contributed by atoms with E-state index in [1.807, 2.05) is 13.2 Å². The number of nitrogens with zero attached hydrogens (tertiary/aromatic N) is 2. The summed E-state index contributed by atoms with van der Waals surface area (Å²) in [6.45, 7) is 3.27. The van der Waals surface area contributed by atoms with E-state index in [1.54, 1.807) is 24.7 Å². The fourth-order valence-corrected chi connectivity index (χ4v) is 1.34. The van der Waals surface area contributed by atoms with E-state index < -0.39 is 5.60 Å². The molecule has 0 aliphatic carbocycles. The van der Waals surface area contributed by atoms with Gasteiger partial charge in [-0.05, 0) is 19.4 Å². The first-order valence-electron chi connectivity index (χ1n) is 4.58. The van der Waals surface area contributed by atoms with Crippen LogP contribution >= 0.6 is 0 Å². The van der Waals surface area contributed by atoms with Crippen molar-refractivity contribution in [2.45, 2.75) is 32.3 Å². The van der Waals surface area contributed by atoms with Crippen LogP contribution in [0.15, 0.2) is 12.4 Å². The van der Waals surface area contributed by atoms with Gasteiger partial charge >= 0.3 is 0 Å². The average Bonchev–Trinajstić information content (AvgIpc) is 2.30. The first-order valence-corrected chi connectivity index (χ1v) is 4.58. The van der Waals surface area contributed by atoms with E-state index in [0.717, 1.165) is 5.56 Å². The molecule has 1 N–H and O–H groups in total. The molecule has 0 saturated heterocycles. The van der Waals surface area contributed by atoms with Crippen LogP contribution in [0.3, 0.4) is 0 Å². The Balaban J connectivity index is 2.50. The largest absolute Gasteiger partial charge is 0.390 e. The van der Waals surface area contributed by atoms with Crippen LogP contribution in [0.5, 0.6) is 0 Å². The summed E-state index contributed by atoms with van der Waals surface area (Å²) in [4.78, 5) is 11.4. The van der Waals surface area contributed by atoms with Crippen molar-refractivity contribution in [1.82, 2.24) is 9.78 Å². The number of carbonyl (C=O) groups excluding carboxylic acids is 1. The molecule has 1 heterocycles. The Morgan fingerprint density at radius 3 is 2.71 bits per heavy atom. The molecule has 0 unspecified atom stereocenters. The highest BCUT2D eigenvalue weighted by atomic mass is 16.3. The summed E-state index contributed by atoms with van der Waals surface area (Å²) >= 11 is 0. The third-order valence-corrected chi connectivity index (χ3v) is 1.79. The molecular weight excluding hydrogens is 180 g/mol. The summed E-state index contributed by atoms with van der Waals surface area (Å²) < 4.78 is 1.66. The minimum Gasteiger partial charge on any atom is -0.390 e. The number of aromatic nitrogens is 2. The van der Waals surface area contributed by atoms with Gasteiger partial charge < -0.3 is 5.11 Å². The van der Waals surface area contributed by atoms with Gasteiger partial charge in [0.15, 0.2) is 0 Å². The molecule has 0 aliphatic rings. The molecular formula is C10H16N2O2. The molecule has 0 saturated carbocycles. The second-order valence-electron chi connectivity index (χ2n) is 4.23. The van der Waals surface area contributed by atoms with Crippen LogP contribution in [0.1, 0.15) is 25.8 Å². The van der Waals surface area contributed by atoms with Crippen molar-refractivity contribution in [3.8, 4) is 0 Å². The van der Waals surface area contributed by atoms with Gasteiger partial charge in [0.25, 0.3) is 0 Å². The quantitative estimate of drug-likeness (QED) is 0.771. The highest BCUT2D eigenvalue weighted by Crippen LogP contribution is 2.10. The van der Waals surface area contributed by atoms with Gasteiger partial charge in [0, 0.05) is 26.1 Å². The minimum atomic E-state index is -0.917. The van der Waals surface area contributed by atoms with E-state index in [1.165, 1.54) is 0 Å². The Morgan fingerprint density at radius 1 is 1.64 bits per heavy atom. The topological polar surface area (TPSA) is 55.1 Å². The zero-order valence-corrected chi connectivity index (χ0v) is 8.82. The lowest BCUT2D eigenvalue weighted by Gasteiger charge is -2.14. The number of hydrogen-bond acceptors (Lipinski definition) is 3. The maximum Gasteiger partial charge on any atom is 0.140 e. The first kappa shape index (κ1) is 10.9. The van der Waals surface area contributed by atoms with Crippen molar-refractivity contribution in [2.75, 3.05) is 0 Å². The SMILES string of the molecule is Cn1cc(CC(=O)CC(C)(C)O)cn1. The van der Waals surface area contributed by atoms with Gasteiger partial charge in [-0.25, -0.2) is 0 Å². The van der Waals surface area contributed by atoms with Gasteiger partial charge in [-0.15, -0.1) is 0 Å². The van der Waals surface area contributed by atoms with Crippen molar-refractivity contribution in [2.24, 2.45) is 7.05 Å². The van der Waals surface area contributed by atoms with Crippen LogP contribution < -0.4 is 0 Å². The summed E-state index contributed by atoms with van der Waals surface area (Å²) in [5.41, 5.74) is -0.0269. The van der Waals surface area contributed by atoms with Crippen LogP contribution in [0.2, 0.25) is 0 Å². The number of Topliss-reactive ketones (excluding diaryl/α,β-unsaturated/α-hetero) is 1. The highest BCUT2D eigenvalue weighted by molar-refractivity contribution is 5.81. The van der Waals surface area contributed by atoms with E-state index in [-0.39, 0.29) is 12.2 Å². The number of ketones is 1. The van der Waals surface area contributed by atoms with Crippen molar-refractivity contribution in [3.63, 3.8) is 0 Å². The molecule has 0 atom stereocenters. The standard InChI is InChI=1S/C10H16N2O2/c1-10(2,14)5-9(13)4-8-6-11-12(3)7-8/h6-7,14H,4-5H2,1-3H3. The Kier molecular flexibility index (Phi) is 3.06. The number of aryl methyl sites for hydroxylation is 1. The van der Waals surface area contributed by atoms with E-state index in [2.05, 4.69) is 5.10 Å². The zero-order valence-electron chi connectivity index (χ0n) is 8.82. The minimum absolute atomic E-state index is 0.0329. The van der Waals surface area contributed by atoms with E-state index in [0.29, 0.717) is 6.42 Å². The van der Waals surface area contributed by atoms with Crippen molar-refractivity contribution >= 4 is 5.78 Å². The molecule has 0 amide bonds. The van der Waals surface area contributed by atoms with Crippen LogP contribution in [-0.4, -0.2) is 26.3 Å². The molecule has 4 nitrogen and oxygen atoms in total. The van der Waals surface area contributed by atoms with Gasteiger partial charge in [-0.2, -0.15) is 5.10 Å². The van der Waals surface area contributed by atoms with Crippen LogP contribution in [0.25, 0.3) is 0 Å². The predicted molar refractivity (Wildman–Crippen MR) is 52.8 cm³/mol. The van der Waals surface area contributed by atoms with Crippen molar-refractivity contribution < 1.29 is 9.90 Å². The second kappa shape index (κ2) is 3.92. The summed E-state index contributed by atoms with van der Waals surface area (Å²) in [7, 11) is 1.81. The third kappa shape index (κ3) is 3.70. The zero-order chi connectivity index (χ0) is 10.8. The van der Waals surface area contributed by atoms with Crippen LogP contribution in [-0.2, 0) is 18.3 Å².